The lowest BCUT2D eigenvalue weighted by Gasteiger charge is -2.32. The molecule has 14 heteroatoms. The second kappa shape index (κ2) is 14.0. The van der Waals surface area contributed by atoms with Crippen LogP contribution in [0.5, 0.6) is 11.5 Å². The summed E-state index contributed by atoms with van der Waals surface area (Å²) in [7, 11) is -4.29. The van der Waals surface area contributed by atoms with E-state index in [0.717, 1.165) is 16.5 Å². The number of hydrogen-bond donors (Lipinski definition) is 2. The van der Waals surface area contributed by atoms with Crippen molar-refractivity contribution >= 4 is 16.1 Å². The topological polar surface area (TPSA) is 151 Å². The Hall–Kier alpha value is -2.98. The van der Waals surface area contributed by atoms with Crippen molar-refractivity contribution in [3.63, 3.8) is 0 Å². The van der Waals surface area contributed by atoms with Crippen LogP contribution in [0.15, 0.2) is 53.4 Å². The van der Waals surface area contributed by atoms with Crippen LogP contribution in [0, 0.1) is 5.92 Å². The van der Waals surface area contributed by atoms with Crippen molar-refractivity contribution in [2.45, 2.75) is 61.2 Å². The number of ether oxygens (including phenoxy) is 6. The van der Waals surface area contributed by atoms with Gasteiger partial charge in [0.1, 0.15) is 19.3 Å². The van der Waals surface area contributed by atoms with Gasteiger partial charge in [-0.25, -0.2) is 13.2 Å². The highest BCUT2D eigenvalue weighted by Crippen LogP contribution is 2.34. The summed E-state index contributed by atoms with van der Waals surface area (Å²) in [5.41, 5.74) is 0.830. The minimum atomic E-state index is -4.29. The van der Waals surface area contributed by atoms with Crippen LogP contribution in [0.1, 0.15) is 24.8 Å². The fourth-order valence-electron chi connectivity index (χ4n) is 5.75. The number of hydrogen-bond acceptors (Lipinski definition) is 11. The molecule has 6 rings (SSSR count). The van der Waals surface area contributed by atoms with E-state index in [1.54, 1.807) is 0 Å². The van der Waals surface area contributed by atoms with E-state index in [-0.39, 0.29) is 30.1 Å². The highest BCUT2D eigenvalue weighted by molar-refractivity contribution is 7.89. The van der Waals surface area contributed by atoms with Crippen molar-refractivity contribution in [3.8, 4) is 11.5 Å². The first-order chi connectivity index (χ1) is 21.4. The Bertz CT molecular complexity index is 1370. The van der Waals surface area contributed by atoms with E-state index in [2.05, 4.69) is 5.32 Å². The molecule has 0 aromatic heterocycles. The van der Waals surface area contributed by atoms with Crippen LogP contribution in [0.3, 0.4) is 0 Å². The van der Waals surface area contributed by atoms with Crippen LogP contribution in [0.25, 0.3) is 0 Å². The maximum atomic E-state index is 14.0. The zero-order valence-corrected chi connectivity index (χ0v) is 25.1. The number of carbonyl (C=O) groups excluding carboxylic acids is 1. The van der Waals surface area contributed by atoms with Gasteiger partial charge < -0.3 is 38.8 Å². The number of fused-ring (bicyclic) bond motifs is 2. The molecule has 4 aliphatic heterocycles. The lowest BCUT2D eigenvalue weighted by Crippen LogP contribution is -2.52. The van der Waals surface area contributed by atoms with Gasteiger partial charge in [-0.2, -0.15) is 0 Å². The molecular formula is C30H38N2O11S. The van der Waals surface area contributed by atoms with Gasteiger partial charge in [-0.05, 0) is 43.4 Å². The number of amides is 1. The van der Waals surface area contributed by atoms with Crippen molar-refractivity contribution in [3.05, 3.63) is 54.1 Å². The lowest BCUT2D eigenvalue weighted by atomic mass is 10.0. The number of hydroxylamine groups is 1. The molecule has 5 atom stereocenters. The first-order valence-corrected chi connectivity index (χ1v) is 16.4. The second-order valence-electron chi connectivity index (χ2n) is 11.2. The minimum Gasteiger partial charge on any atom is -0.486 e. The highest BCUT2D eigenvalue weighted by atomic mass is 32.2. The average Bonchev–Trinajstić information content (AvgIpc) is 3.66. The Morgan fingerprint density at radius 3 is 2.55 bits per heavy atom. The third-order valence-corrected chi connectivity index (χ3v) is 9.78. The summed E-state index contributed by atoms with van der Waals surface area (Å²) in [4.78, 5) is 19.1. The number of aliphatic hydroxyl groups is 1. The molecule has 4 aliphatic rings. The highest BCUT2D eigenvalue weighted by Gasteiger charge is 2.44. The van der Waals surface area contributed by atoms with E-state index in [9.17, 15) is 18.3 Å². The zero-order chi connectivity index (χ0) is 30.5. The van der Waals surface area contributed by atoms with Crippen molar-refractivity contribution in [2.75, 3.05) is 46.2 Å². The van der Waals surface area contributed by atoms with Gasteiger partial charge in [0.05, 0.1) is 48.8 Å². The van der Waals surface area contributed by atoms with Crippen LogP contribution in [0.4, 0.5) is 4.79 Å². The second-order valence-corrected chi connectivity index (χ2v) is 13.0. The van der Waals surface area contributed by atoms with Crippen LogP contribution in [-0.2, 0) is 40.2 Å². The van der Waals surface area contributed by atoms with Gasteiger partial charge in [-0.1, -0.05) is 34.8 Å². The number of rotatable bonds is 11. The summed E-state index contributed by atoms with van der Waals surface area (Å²) in [6.45, 7) is 1.80. The maximum absolute atomic E-state index is 14.0. The Morgan fingerprint density at radius 2 is 1.75 bits per heavy atom. The summed E-state index contributed by atoms with van der Waals surface area (Å²) in [5, 5.41) is 14.3. The van der Waals surface area contributed by atoms with Gasteiger partial charge in [0.15, 0.2) is 17.8 Å². The fourth-order valence-corrected chi connectivity index (χ4v) is 7.06. The van der Waals surface area contributed by atoms with Gasteiger partial charge in [-0.15, -0.1) is 0 Å². The number of alkyl carbamates (subject to hydrolysis) is 1. The van der Waals surface area contributed by atoms with Crippen molar-refractivity contribution in [1.82, 2.24) is 9.79 Å². The SMILES string of the molecule is O=C(N[C@@H](Cc1ccccc1)[C@H](O)CN(OC1CCOCC1)S(=O)(=O)c1ccc2c(c1)OCCO2)O[C@H]1CO[C@H]2OCC[C@H]21. The molecule has 0 spiro atoms. The van der Waals surface area contributed by atoms with E-state index in [1.807, 2.05) is 30.3 Å². The molecule has 2 aromatic rings. The van der Waals surface area contributed by atoms with Crippen molar-refractivity contribution < 1.29 is 51.6 Å². The van der Waals surface area contributed by atoms with E-state index < -0.39 is 47.0 Å². The van der Waals surface area contributed by atoms with Gasteiger partial charge in [-0.3, -0.25) is 4.84 Å². The molecule has 0 saturated carbocycles. The largest absolute Gasteiger partial charge is 0.486 e. The van der Waals surface area contributed by atoms with Crippen molar-refractivity contribution in [2.24, 2.45) is 5.92 Å². The van der Waals surface area contributed by atoms with Gasteiger partial charge in [0, 0.05) is 19.3 Å². The average molecular weight is 635 g/mol. The Morgan fingerprint density at radius 1 is 0.977 bits per heavy atom. The van der Waals surface area contributed by atoms with Gasteiger partial charge in [0.2, 0.25) is 0 Å². The van der Waals surface area contributed by atoms with Crippen LogP contribution >= 0.6 is 0 Å². The molecular weight excluding hydrogens is 596 g/mol. The maximum Gasteiger partial charge on any atom is 0.407 e. The number of nitrogens with one attached hydrogen (secondary N) is 1. The Kier molecular flexibility index (Phi) is 9.86. The summed E-state index contributed by atoms with van der Waals surface area (Å²) < 4.78 is 62.2. The Balaban J connectivity index is 1.22. The normalized spacial score (nSPS) is 24.9. The first kappa shape index (κ1) is 31.0. The molecule has 13 nitrogen and oxygen atoms in total. The number of aliphatic hydroxyl groups excluding tert-OH is 1. The quantitative estimate of drug-likeness (QED) is 0.350. The number of sulfonamides is 1. The molecule has 2 aromatic carbocycles. The van der Waals surface area contributed by atoms with Gasteiger partial charge in [0.25, 0.3) is 10.0 Å². The molecule has 0 unspecified atom stereocenters. The molecule has 3 fully saturated rings. The predicted molar refractivity (Wildman–Crippen MR) is 153 cm³/mol. The molecule has 3 saturated heterocycles. The van der Waals surface area contributed by atoms with E-state index >= 15 is 0 Å². The van der Waals surface area contributed by atoms with Crippen LogP contribution in [0.2, 0.25) is 0 Å². The van der Waals surface area contributed by atoms with Gasteiger partial charge >= 0.3 is 6.09 Å². The number of nitrogens with zero attached hydrogens (tertiary/aromatic N) is 1. The molecule has 240 valence electrons. The molecule has 4 heterocycles. The van der Waals surface area contributed by atoms with E-state index in [0.29, 0.717) is 57.4 Å². The summed E-state index contributed by atoms with van der Waals surface area (Å²) in [5.74, 6) is 0.694. The van der Waals surface area contributed by atoms with Crippen molar-refractivity contribution in [1.29, 1.82) is 0 Å². The molecule has 44 heavy (non-hydrogen) atoms. The summed E-state index contributed by atoms with van der Waals surface area (Å²) in [6.07, 6.45) is -1.54. The fraction of sp³-hybridized carbons (Fsp3) is 0.567. The predicted octanol–water partition coefficient (Wildman–Crippen LogP) is 2.02. The Labute approximate surface area is 256 Å². The molecule has 1 amide bonds. The number of carbonyl (C=O) groups is 1. The van der Waals surface area contributed by atoms with E-state index in [1.165, 1.54) is 18.2 Å². The molecule has 0 aliphatic carbocycles. The molecule has 2 N–H and O–H groups in total. The number of benzene rings is 2. The lowest BCUT2D eigenvalue weighted by molar-refractivity contribution is -0.170. The van der Waals surface area contributed by atoms with Crippen LogP contribution in [-0.4, -0.2) is 101 Å². The molecule has 0 bridgehead atoms. The third-order valence-electron chi connectivity index (χ3n) is 8.16. The first-order valence-electron chi connectivity index (χ1n) is 15.0. The van der Waals surface area contributed by atoms with E-state index in [4.69, 9.17) is 33.3 Å². The third kappa shape index (κ3) is 7.28. The summed E-state index contributed by atoms with van der Waals surface area (Å²) in [6, 6.07) is 12.7. The zero-order valence-electron chi connectivity index (χ0n) is 24.2. The smallest absolute Gasteiger partial charge is 0.407 e. The minimum absolute atomic E-state index is 0.0576. The monoisotopic (exact) mass is 634 g/mol. The summed E-state index contributed by atoms with van der Waals surface area (Å²) >= 11 is 0. The standard InChI is InChI=1S/C30H38N2O11S/c33-25(24(16-20-4-2-1-3-5-20)31-30(34)42-28-19-41-29-23(28)10-13-40-29)18-32(43-21-8-11-37-12-9-21)44(35,36)22-6-7-26-27(17-22)39-15-14-38-26/h1-7,17,21,23-25,28-29,33H,8-16,18-19H2,(H,31,34)/t23-,24-,25+,28-,29+/m0/s1. The molecule has 0 radical (unpaired) electrons. The van der Waals surface area contributed by atoms with Crippen LogP contribution < -0.4 is 14.8 Å².